The Morgan fingerprint density at radius 1 is 1.21 bits per heavy atom. The summed E-state index contributed by atoms with van der Waals surface area (Å²) in [7, 11) is 1.38. The molecule has 3 N–H and O–H groups in total. The van der Waals surface area contributed by atoms with Gasteiger partial charge in [-0.05, 0) is 6.42 Å². The highest BCUT2D eigenvalue weighted by molar-refractivity contribution is 4.95. The zero-order valence-corrected chi connectivity index (χ0v) is 18.8. The zero-order valence-electron chi connectivity index (χ0n) is 18.8. The van der Waals surface area contributed by atoms with E-state index in [2.05, 4.69) is 0 Å². The number of aliphatic hydroxyl groups excluding tert-OH is 1. The van der Waals surface area contributed by atoms with E-state index in [0.29, 0.717) is 13.0 Å². The first-order valence-electron chi connectivity index (χ1n) is 10.6. The van der Waals surface area contributed by atoms with Crippen molar-refractivity contribution < 1.29 is 19.3 Å². The van der Waals surface area contributed by atoms with Crippen LogP contribution in [0, 0.1) is 0 Å². The van der Waals surface area contributed by atoms with Gasteiger partial charge in [0.2, 0.25) is 0 Å². The minimum absolute atomic E-state index is 0.0869. The molecule has 0 aliphatic carbocycles. The molecule has 3 heterocycles. The summed E-state index contributed by atoms with van der Waals surface area (Å²) < 4.78 is 19.1. The summed E-state index contributed by atoms with van der Waals surface area (Å²) in [5.74, 6) is 0. The maximum atomic E-state index is 12.3. The highest BCUT2D eigenvalue weighted by atomic mass is 16.7. The van der Waals surface area contributed by atoms with Gasteiger partial charge in [-0.15, -0.1) is 0 Å². The smallest absolute Gasteiger partial charge is 0.332 e. The van der Waals surface area contributed by atoms with Crippen LogP contribution in [0.15, 0.2) is 21.9 Å². The van der Waals surface area contributed by atoms with E-state index in [1.807, 2.05) is 41.5 Å². The molecule has 3 rings (SSSR count). The second kappa shape index (κ2) is 14.5. The van der Waals surface area contributed by atoms with Crippen molar-refractivity contribution in [2.75, 3.05) is 13.2 Å². The van der Waals surface area contributed by atoms with Gasteiger partial charge in [0.15, 0.2) is 12.5 Å². The predicted octanol–water partition coefficient (Wildman–Crippen LogP) is 1.36. The van der Waals surface area contributed by atoms with E-state index >= 15 is 0 Å². The van der Waals surface area contributed by atoms with Crippen molar-refractivity contribution in [3.05, 3.63) is 33.1 Å². The molecule has 9 nitrogen and oxygen atoms in total. The Morgan fingerprint density at radius 2 is 1.83 bits per heavy atom. The molecule has 2 fully saturated rings. The fourth-order valence-corrected chi connectivity index (χ4v) is 2.90. The van der Waals surface area contributed by atoms with Gasteiger partial charge in [0.1, 0.15) is 18.3 Å². The Kier molecular flexibility index (Phi) is 13.7. The number of nitrogens with two attached hydrogens (primary N) is 1. The molecule has 0 bridgehead atoms. The molecule has 170 valence electrons. The van der Waals surface area contributed by atoms with Crippen LogP contribution in [0.4, 0.5) is 0 Å². The van der Waals surface area contributed by atoms with E-state index in [1.54, 1.807) is 0 Å². The molecule has 9 heteroatoms. The first-order chi connectivity index (χ1) is 14.0. The first kappa shape index (κ1) is 27.5. The molecule has 5 atom stereocenters. The third-order valence-electron chi connectivity index (χ3n) is 4.23. The minimum atomic E-state index is -0.988. The lowest BCUT2D eigenvalue weighted by atomic mass is 10.1. The van der Waals surface area contributed by atoms with Crippen LogP contribution in [0.2, 0.25) is 0 Å². The molecule has 2 aliphatic heterocycles. The van der Waals surface area contributed by atoms with Crippen molar-refractivity contribution in [2.45, 2.75) is 85.2 Å². The standard InChI is InChI=1S/C14H21N3O6.3C2H6/c1-16-9(18)4-5-17(14(16)20)13-12(11(19)8(7-15)22-13)23-10-3-2-6-21-10;3*1-2/h4-5,8,10-13,19H,2-3,6-7,15H2,1H3;3*1-2H3. The maximum absolute atomic E-state index is 12.3. The van der Waals surface area contributed by atoms with Crippen molar-refractivity contribution >= 4 is 0 Å². The van der Waals surface area contributed by atoms with Crippen molar-refractivity contribution in [3.8, 4) is 0 Å². The number of hydrogen-bond donors (Lipinski definition) is 2. The molecule has 2 saturated heterocycles. The van der Waals surface area contributed by atoms with Gasteiger partial charge < -0.3 is 25.1 Å². The number of ether oxygens (including phenoxy) is 3. The van der Waals surface area contributed by atoms with E-state index in [9.17, 15) is 14.7 Å². The predicted molar refractivity (Wildman–Crippen MR) is 113 cm³/mol. The van der Waals surface area contributed by atoms with Gasteiger partial charge in [-0.25, -0.2) is 4.79 Å². The van der Waals surface area contributed by atoms with Crippen LogP contribution >= 0.6 is 0 Å². The molecular formula is C20H39N3O6. The van der Waals surface area contributed by atoms with Crippen LogP contribution in [0.3, 0.4) is 0 Å². The van der Waals surface area contributed by atoms with Crippen LogP contribution in [-0.4, -0.2) is 52.0 Å². The number of nitrogens with zero attached hydrogens (tertiary/aromatic N) is 2. The summed E-state index contributed by atoms with van der Waals surface area (Å²) in [5.41, 5.74) is 4.65. The third-order valence-corrected chi connectivity index (χ3v) is 4.23. The fourth-order valence-electron chi connectivity index (χ4n) is 2.90. The molecule has 0 amide bonds. The monoisotopic (exact) mass is 417 g/mol. The Labute approximate surface area is 173 Å². The molecule has 0 saturated carbocycles. The first-order valence-corrected chi connectivity index (χ1v) is 10.6. The number of hydrogen-bond acceptors (Lipinski definition) is 7. The normalized spacial score (nSPS) is 27.7. The van der Waals surface area contributed by atoms with Crippen LogP contribution in [0.5, 0.6) is 0 Å². The maximum Gasteiger partial charge on any atom is 0.332 e. The van der Waals surface area contributed by atoms with Crippen LogP contribution < -0.4 is 17.0 Å². The summed E-state index contributed by atoms with van der Waals surface area (Å²) >= 11 is 0. The van der Waals surface area contributed by atoms with Crippen molar-refractivity contribution in [1.82, 2.24) is 9.13 Å². The summed E-state index contributed by atoms with van der Waals surface area (Å²) in [4.78, 5) is 23.8. The van der Waals surface area contributed by atoms with E-state index in [0.717, 1.165) is 11.0 Å². The average Bonchev–Trinajstić information content (AvgIpc) is 3.40. The van der Waals surface area contributed by atoms with Gasteiger partial charge in [0.05, 0.1) is 0 Å². The van der Waals surface area contributed by atoms with E-state index in [-0.39, 0.29) is 6.54 Å². The van der Waals surface area contributed by atoms with Gasteiger partial charge in [-0.3, -0.25) is 13.9 Å². The van der Waals surface area contributed by atoms with Crippen molar-refractivity contribution in [2.24, 2.45) is 12.8 Å². The van der Waals surface area contributed by atoms with Crippen LogP contribution in [0.1, 0.15) is 60.6 Å². The Bertz CT molecular complexity index is 669. The van der Waals surface area contributed by atoms with Gasteiger partial charge in [0, 0.05) is 38.9 Å². The van der Waals surface area contributed by atoms with E-state index < -0.39 is 42.1 Å². The SMILES string of the molecule is CC.CC.CC.Cn1c(=O)ccn(C2OC(CN)C(O)C2OC2CCCO2)c1=O. The number of aliphatic hydroxyl groups is 1. The van der Waals surface area contributed by atoms with E-state index in [4.69, 9.17) is 19.9 Å². The fraction of sp³-hybridized carbons (Fsp3) is 0.800. The third kappa shape index (κ3) is 6.75. The molecule has 0 radical (unpaired) electrons. The van der Waals surface area contributed by atoms with Gasteiger partial charge in [-0.1, -0.05) is 41.5 Å². The largest absolute Gasteiger partial charge is 0.387 e. The van der Waals surface area contributed by atoms with Crippen molar-refractivity contribution in [1.29, 1.82) is 0 Å². The van der Waals surface area contributed by atoms with Crippen LogP contribution in [-0.2, 0) is 21.3 Å². The highest BCUT2D eigenvalue weighted by Crippen LogP contribution is 2.32. The molecule has 2 aliphatic rings. The molecule has 1 aromatic heterocycles. The van der Waals surface area contributed by atoms with E-state index in [1.165, 1.54) is 23.9 Å². The molecule has 29 heavy (non-hydrogen) atoms. The number of rotatable bonds is 4. The Balaban J connectivity index is 0.00000120. The lowest BCUT2D eigenvalue weighted by Gasteiger charge is -2.25. The van der Waals surface area contributed by atoms with Crippen LogP contribution in [0.25, 0.3) is 0 Å². The number of aromatic nitrogens is 2. The topological polar surface area (TPSA) is 118 Å². The summed E-state index contributed by atoms with van der Waals surface area (Å²) in [6.45, 7) is 12.7. The Hall–Kier alpha value is -1.52. The van der Waals surface area contributed by atoms with Gasteiger partial charge >= 0.3 is 5.69 Å². The summed E-state index contributed by atoms with van der Waals surface area (Å²) in [6.07, 6.45) is -0.838. The second-order valence-corrected chi connectivity index (χ2v) is 5.74. The quantitative estimate of drug-likeness (QED) is 0.759. The van der Waals surface area contributed by atoms with Crippen molar-refractivity contribution in [3.63, 3.8) is 0 Å². The highest BCUT2D eigenvalue weighted by Gasteiger charge is 2.46. The second-order valence-electron chi connectivity index (χ2n) is 5.74. The van der Waals surface area contributed by atoms with Gasteiger partial charge in [0.25, 0.3) is 5.56 Å². The minimum Gasteiger partial charge on any atom is -0.387 e. The Morgan fingerprint density at radius 3 is 2.34 bits per heavy atom. The molecular weight excluding hydrogens is 378 g/mol. The molecule has 0 spiro atoms. The molecule has 5 unspecified atom stereocenters. The summed E-state index contributed by atoms with van der Waals surface area (Å²) in [6, 6.07) is 1.26. The molecule has 1 aromatic rings. The molecule has 0 aromatic carbocycles. The lowest BCUT2D eigenvalue weighted by Crippen LogP contribution is -2.43. The zero-order chi connectivity index (χ0) is 22.6. The van der Waals surface area contributed by atoms with Gasteiger partial charge in [-0.2, -0.15) is 0 Å². The lowest BCUT2D eigenvalue weighted by molar-refractivity contribution is -0.182. The average molecular weight is 418 g/mol. The summed E-state index contributed by atoms with van der Waals surface area (Å²) in [5, 5.41) is 10.4.